The topological polar surface area (TPSA) is 169 Å². The van der Waals surface area contributed by atoms with Gasteiger partial charge in [-0.2, -0.15) is 0 Å². The highest BCUT2D eigenvalue weighted by Gasteiger charge is 2.25. The molecule has 3 saturated heterocycles. The monoisotopic (exact) mass is 1340 g/mol. The molecule has 6 aromatic carbocycles. The average Bonchev–Trinajstić information content (AvgIpc) is 1.86. The number of ether oxygens (including phenoxy) is 3. The van der Waals surface area contributed by atoms with Crippen molar-refractivity contribution in [2.45, 2.75) is 67.7 Å². The van der Waals surface area contributed by atoms with Crippen LogP contribution in [0.4, 0.5) is 64.7 Å². The lowest BCUT2D eigenvalue weighted by Gasteiger charge is -2.35. The van der Waals surface area contributed by atoms with E-state index in [2.05, 4.69) is 138 Å². The van der Waals surface area contributed by atoms with Crippen LogP contribution in [-0.4, -0.2) is 132 Å². The first-order valence-electron chi connectivity index (χ1n) is 34.0. The summed E-state index contributed by atoms with van der Waals surface area (Å²) in [6.07, 6.45) is 12.3. The molecule has 0 bridgehead atoms. The SMILES string of the molecule is CC1=Cc2c(ccc(Oc3ncnc(Nc4ccc(N5CCN(C)CC5)cc4)c3C)c2F)C1.CC1=Cc2c(ccc(Oc3ncnc(Nc4ccc(N5CCNCC5)cc4)c3C)c2F)C1.CCN1CCN(c2ccc(Nc3ncnc(Oc4ccc5c(c4F)C=C(C)C5)c3C)cc2)CC1. The molecule has 18 nitrogen and oxygen atoms in total. The third-order valence-corrected chi connectivity index (χ3v) is 18.9. The molecule has 9 aromatic rings. The van der Waals surface area contributed by atoms with Gasteiger partial charge in [0.05, 0.1) is 16.7 Å². The molecule has 0 unspecified atom stereocenters. The zero-order valence-corrected chi connectivity index (χ0v) is 57.4. The number of halogens is 3. The predicted octanol–water partition coefficient (Wildman–Crippen LogP) is 15.6. The number of piperazine rings is 3. The van der Waals surface area contributed by atoms with Crippen molar-refractivity contribution in [3.8, 4) is 34.9 Å². The number of likely N-dealkylation sites (N-methyl/N-ethyl adjacent to an activating group) is 2. The van der Waals surface area contributed by atoms with Crippen molar-refractivity contribution < 1.29 is 27.4 Å². The normalized spacial score (nSPS) is 15.7. The molecule has 3 aliphatic heterocycles. The lowest BCUT2D eigenvalue weighted by Crippen LogP contribution is -2.46. The number of anilines is 9. The Morgan fingerprint density at radius 2 is 0.707 bits per heavy atom. The minimum absolute atomic E-state index is 0.169. The van der Waals surface area contributed by atoms with Gasteiger partial charge < -0.3 is 60.0 Å². The molecule has 6 heterocycles. The van der Waals surface area contributed by atoms with Crippen LogP contribution in [-0.2, 0) is 19.3 Å². The van der Waals surface area contributed by atoms with E-state index in [0.717, 1.165) is 155 Å². The Labute approximate surface area is 577 Å². The summed E-state index contributed by atoms with van der Waals surface area (Å²) in [7, 11) is 2.16. The molecule has 4 N–H and O–H groups in total. The summed E-state index contributed by atoms with van der Waals surface area (Å²) >= 11 is 0. The second kappa shape index (κ2) is 30.2. The smallest absolute Gasteiger partial charge is 0.227 e. The van der Waals surface area contributed by atoms with E-state index in [4.69, 9.17) is 14.2 Å². The van der Waals surface area contributed by atoms with Gasteiger partial charge in [0.25, 0.3) is 0 Å². The van der Waals surface area contributed by atoms with Crippen LogP contribution in [0.5, 0.6) is 34.9 Å². The number of aromatic nitrogens is 6. The second-order valence-corrected chi connectivity index (χ2v) is 26.1. The van der Waals surface area contributed by atoms with Gasteiger partial charge in [-0.25, -0.2) is 43.1 Å². The molecule has 99 heavy (non-hydrogen) atoms. The van der Waals surface area contributed by atoms with E-state index in [1.54, 1.807) is 18.2 Å². The Balaban J connectivity index is 0.000000133. The summed E-state index contributed by atoms with van der Waals surface area (Å²) in [6.45, 7) is 27.4. The van der Waals surface area contributed by atoms with Gasteiger partial charge in [-0.05, 0) is 182 Å². The molecule has 15 rings (SSSR count). The van der Waals surface area contributed by atoms with E-state index >= 15 is 4.39 Å². The lowest BCUT2D eigenvalue weighted by molar-refractivity contribution is 0.271. The third-order valence-electron chi connectivity index (χ3n) is 18.9. The molecule has 510 valence electrons. The van der Waals surface area contributed by atoms with Crippen molar-refractivity contribution in [3.05, 3.63) is 212 Å². The van der Waals surface area contributed by atoms with Crippen molar-refractivity contribution in [2.24, 2.45) is 0 Å². The second-order valence-electron chi connectivity index (χ2n) is 26.1. The fourth-order valence-corrected chi connectivity index (χ4v) is 13.1. The van der Waals surface area contributed by atoms with E-state index in [0.29, 0.717) is 68.5 Å². The summed E-state index contributed by atoms with van der Waals surface area (Å²) in [5, 5.41) is 13.4. The van der Waals surface area contributed by atoms with Crippen LogP contribution >= 0.6 is 0 Å². The predicted molar refractivity (Wildman–Crippen MR) is 390 cm³/mol. The molecule has 0 atom stereocenters. The molecule has 0 spiro atoms. The van der Waals surface area contributed by atoms with Gasteiger partial charge in [0.15, 0.2) is 34.7 Å². The molecule has 3 fully saturated rings. The van der Waals surface area contributed by atoms with Crippen LogP contribution in [0.3, 0.4) is 0 Å². The zero-order valence-electron chi connectivity index (χ0n) is 57.4. The third kappa shape index (κ3) is 15.7. The van der Waals surface area contributed by atoms with Crippen LogP contribution < -0.4 is 50.2 Å². The maximum Gasteiger partial charge on any atom is 0.227 e. The van der Waals surface area contributed by atoms with Crippen molar-refractivity contribution in [1.82, 2.24) is 45.0 Å². The van der Waals surface area contributed by atoms with Crippen molar-refractivity contribution in [3.63, 3.8) is 0 Å². The van der Waals surface area contributed by atoms with E-state index in [-0.39, 0.29) is 34.7 Å². The Morgan fingerprint density at radius 1 is 0.394 bits per heavy atom. The minimum atomic E-state index is -0.352. The van der Waals surface area contributed by atoms with Crippen molar-refractivity contribution >= 4 is 69.8 Å². The zero-order chi connectivity index (χ0) is 68.7. The van der Waals surface area contributed by atoms with Crippen LogP contribution in [0.25, 0.3) is 18.2 Å². The van der Waals surface area contributed by atoms with Crippen molar-refractivity contribution in [1.29, 1.82) is 0 Å². The summed E-state index contributed by atoms with van der Waals surface area (Å²) in [5.41, 5.74) is 16.8. The van der Waals surface area contributed by atoms with Gasteiger partial charge in [-0.3, -0.25) is 0 Å². The summed E-state index contributed by atoms with van der Waals surface area (Å²) in [5.74, 6) is 2.34. The van der Waals surface area contributed by atoms with Crippen molar-refractivity contribution in [2.75, 3.05) is 123 Å². The Hall–Kier alpha value is -10.4. The first-order valence-corrected chi connectivity index (χ1v) is 34.0. The number of hydrogen-bond donors (Lipinski definition) is 4. The maximum absolute atomic E-state index is 15.0. The summed E-state index contributed by atoms with van der Waals surface area (Å²) in [4.78, 5) is 37.8. The van der Waals surface area contributed by atoms with E-state index in [9.17, 15) is 8.78 Å². The van der Waals surface area contributed by atoms with Crippen LogP contribution in [0.15, 0.2) is 145 Å². The van der Waals surface area contributed by atoms with Gasteiger partial charge in [0.2, 0.25) is 17.6 Å². The molecule has 21 heteroatoms. The molecular weight excluding hydrogens is 1250 g/mol. The fourth-order valence-electron chi connectivity index (χ4n) is 13.1. The van der Waals surface area contributed by atoms with E-state index in [1.807, 2.05) is 102 Å². The summed E-state index contributed by atoms with van der Waals surface area (Å²) in [6, 6.07) is 35.8. The lowest BCUT2D eigenvalue weighted by atomic mass is 10.1. The standard InChI is InChI=1S/C27H30FN5O.C26H28FN5O.C25H26FN5O/c1-4-32-11-13-33(14-12-32)22-8-6-21(7-9-22)31-26-19(3)27(30-17-29-26)34-24-10-5-20-15-18(2)16-23(20)25(24)28;1-17-14-19-4-9-23(24(27)22(19)15-17)33-26-18(2)25(28-16-29-26)30-20-5-7-21(8-6-20)32-12-10-31(3)11-13-32;1-16-13-18-3-8-22(23(26)21(18)14-16)32-25-17(2)24(28-15-29-25)30-19-4-6-20(7-5-19)31-11-9-27-10-12-31/h5-10,16-17H,4,11-15H2,1-3H3,(H,29,30,31);4-9,15-16H,10-14H2,1-3H3,(H,28,29,30);3-8,14-15,27H,9-13H2,1-2H3,(H,28,29,30). The number of nitrogens with zero attached hydrogens (tertiary/aromatic N) is 11. The molecule has 0 saturated carbocycles. The average molecular weight is 1340 g/mol. The van der Waals surface area contributed by atoms with Crippen LogP contribution in [0.2, 0.25) is 0 Å². The fraction of sp³-hybridized carbons (Fsp3) is 0.308. The van der Waals surface area contributed by atoms with Gasteiger partial charge in [-0.15, -0.1) is 0 Å². The summed E-state index contributed by atoms with van der Waals surface area (Å²) < 4.78 is 62.6. The highest BCUT2D eigenvalue weighted by molar-refractivity contribution is 5.71. The Kier molecular flexibility index (Phi) is 20.5. The van der Waals surface area contributed by atoms with Gasteiger partial charge >= 0.3 is 0 Å². The van der Waals surface area contributed by atoms with E-state index < -0.39 is 0 Å². The quantitative estimate of drug-likeness (QED) is 0.0720. The van der Waals surface area contributed by atoms with Gasteiger partial charge in [0, 0.05) is 129 Å². The number of hydrogen-bond acceptors (Lipinski definition) is 18. The van der Waals surface area contributed by atoms with E-state index in [1.165, 1.54) is 36.0 Å². The molecule has 3 aromatic heterocycles. The number of benzene rings is 6. The molecule has 6 aliphatic rings. The Morgan fingerprint density at radius 3 is 1.03 bits per heavy atom. The highest BCUT2D eigenvalue weighted by Crippen LogP contribution is 2.40. The number of rotatable bonds is 16. The molecule has 0 amide bonds. The Bertz CT molecular complexity index is 4490. The number of allylic oxidation sites excluding steroid dienone is 3. The molecule has 3 aliphatic carbocycles. The number of nitrogens with one attached hydrogen (secondary N) is 4. The van der Waals surface area contributed by atoms with Crippen LogP contribution in [0.1, 0.15) is 77.8 Å². The van der Waals surface area contributed by atoms with Gasteiger partial charge in [-0.1, -0.05) is 60.1 Å². The molecule has 0 radical (unpaired) electrons. The van der Waals surface area contributed by atoms with Gasteiger partial charge in [0.1, 0.15) is 36.4 Å². The first-order chi connectivity index (χ1) is 48.1. The minimum Gasteiger partial charge on any atom is -0.435 e. The first kappa shape index (κ1) is 67.2. The van der Waals surface area contributed by atoms with Crippen LogP contribution in [0, 0.1) is 38.2 Å². The maximum atomic E-state index is 15.0. The molecular formula is C78H84F3N15O3. The largest absolute Gasteiger partial charge is 0.435 e. The highest BCUT2D eigenvalue weighted by atomic mass is 19.1. The number of fused-ring (bicyclic) bond motifs is 3.